The third-order valence-corrected chi connectivity index (χ3v) is 5.52. The molecule has 1 N–H and O–H groups in total. The van der Waals surface area contributed by atoms with E-state index < -0.39 is 21.0 Å². The molecular weight excluding hydrogens is 410 g/mol. The van der Waals surface area contributed by atoms with Gasteiger partial charge >= 0.3 is 6.09 Å². The maximum Gasteiger partial charge on any atom is 0.417 e. The Balaban J connectivity index is 1.65. The first-order valence-corrected chi connectivity index (χ1v) is 10.6. The van der Waals surface area contributed by atoms with Gasteiger partial charge in [0, 0.05) is 28.6 Å². The van der Waals surface area contributed by atoms with E-state index in [1.54, 1.807) is 42.5 Å². The molecule has 30 heavy (non-hydrogen) atoms. The molecule has 1 heterocycles. The molecule has 1 amide bonds. The number of carbonyl (C=O) groups is 1. The molecule has 0 atom stereocenters. The smallest absolute Gasteiger partial charge is 0.410 e. The Labute approximate surface area is 170 Å². The number of non-ortho nitro benzene ring substituents is 1. The number of benzene rings is 3. The second-order valence-corrected chi connectivity index (χ2v) is 8.37. The van der Waals surface area contributed by atoms with Gasteiger partial charge in [0.2, 0.25) is 10.0 Å². The van der Waals surface area contributed by atoms with Crippen molar-refractivity contribution in [2.45, 2.75) is 0 Å². The lowest BCUT2D eigenvalue weighted by Gasteiger charge is -2.07. The summed E-state index contributed by atoms with van der Waals surface area (Å²) in [6.45, 7) is 0. The number of anilines is 1. The van der Waals surface area contributed by atoms with Crippen molar-refractivity contribution in [2.75, 3.05) is 11.6 Å². The lowest BCUT2D eigenvalue weighted by Crippen LogP contribution is -2.16. The van der Waals surface area contributed by atoms with Crippen LogP contribution < -0.4 is 10.1 Å². The number of nitrogens with one attached hydrogen (secondary N) is 1. The van der Waals surface area contributed by atoms with Gasteiger partial charge < -0.3 is 4.74 Å². The van der Waals surface area contributed by atoms with Crippen LogP contribution in [0.2, 0.25) is 0 Å². The van der Waals surface area contributed by atoms with Crippen LogP contribution in [0.15, 0.2) is 66.7 Å². The molecule has 0 spiro atoms. The van der Waals surface area contributed by atoms with Crippen molar-refractivity contribution < 1.29 is 22.9 Å². The molecule has 0 saturated heterocycles. The summed E-state index contributed by atoms with van der Waals surface area (Å²) in [7, 11) is -3.54. The van der Waals surface area contributed by atoms with E-state index in [2.05, 4.69) is 5.32 Å². The molecule has 0 aliphatic heterocycles. The minimum atomic E-state index is -3.54. The molecule has 4 aromatic rings. The van der Waals surface area contributed by atoms with Gasteiger partial charge in [-0.2, -0.15) is 0 Å². The second-order valence-electron chi connectivity index (χ2n) is 6.54. The van der Waals surface area contributed by atoms with E-state index in [1.807, 2.05) is 0 Å². The zero-order valence-electron chi connectivity index (χ0n) is 15.6. The van der Waals surface area contributed by atoms with E-state index in [0.717, 1.165) is 11.6 Å². The lowest BCUT2D eigenvalue weighted by atomic mass is 10.1. The number of nitro benzene ring substituents is 1. The number of hydrogen-bond donors (Lipinski definition) is 1. The maximum atomic E-state index is 12.3. The SMILES string of the molecule is CS(=O)(=O)n1c2ccccc2c2cc(NC(=O)Oc3ccc([N+](=O)[O-])cc3)ccc21. The number of carbonyl (C=O) groups excluding carboxylic acids is 1. The highest BCUT2D eigenvalue weighted by Crippen LogP contribution is 2.32. The number of nitrogens with zero attached hydrogens (tertiary/aromatic N) is 2. The minimum absolute atomic E-state index is 0.115. The lowest BCUT2D eigenvalue weighted by molar-refractivity contribution is -0.384. The van der Waals surface area contributed by atoms with Crippen LogP contribution in [0.25, 0.3) is 21.8 Å². The van der Waals surface area contributed by atoms with Crippen LogP contribution in [0.5, 0.6) is 5.75 Å². The topological polar surface area (TPSA) is 121 Å². The Morgan fingerprint density at radius 1 is 1.00 bits per heavy atom. The van der Waals surface area contributed by atoms with E-state index in [9.17, 15) is 23.3 Å². The van der Waals surface area contributed by atoms with Crippen molar-refractivity contribution in [2.24, 2.45) is 0 Å². The maximum absolute atomic E-state index is 12.3. The molecule has 10 heteroatoms. The molecule has 0 aliphatic rings. The van der Waals surface area contributed by atoms with Crippen molar-refractivity contribution in [3.63, 3.8) is 0 Å². The Bertz CT molecular complexity index is 1410. The van der Waals surface area contributed by atoms with E-state index in [0.29, 0.717) is 22.1 Å². The number of ether oxygens (including phenoxy) is 1. The van der Waals surface area contributed by atoms with Crippen molar-refractivity contribution >= 4 is 49.3 Å². The van der Waals surface area contributed by atoms with Gasteiger partial charge in [-0.3, -0.25) is 15.4 Å². The second kappa shape index (κ2) is 7.16. The van der Waals surface area contributed by atoms with Gasteiger partial charge in [-0.1, -0.05) is 18.2 Å². The molecular formula is C20H15N3O6S. The van der Waals surface area contributed by atoms with Crippen molar-refractivity contribution in [1.82, 2.24) is 3.97 Å². The summed E-state index contributed by atoms with van der Waals surface area (Å²) in [5.74, 6) is 0.146. The summed E-state index contributed by atoms with van der Waals surface area (Å²) < 4.78 is 31.0. The van der Waals surface area contributed by atoms with Crippen molar-refractivity contribution in [3.05, 3.63) is 76.8 Å². The molecule has 0 radical (unpaired) electrons. The molecule has 1 aromatic heterocycles. The molecule has 0 saturated carbocycles. The van der Waals surface area contributed by atoms with Crippen LogP contribution in [-0.4, -0.2) is 29.7 Å². The third kappa shape index (κ3) is 3.55. The fraction of sp³-hybridized carbons (Fsp3) is 0.0500. The quantitative estimate of drug-likeness (QED) is 0.388. The molecule has 0 fully saturated rings. The van der Waals surface area contributed by atoms with Gasteiger partial charge in [-0.05, 0) is 36.4 Å². The van der Waals surface area contributed by atoms with Gasteiger partial charge in [0.05, 0.1) is 22.2 Å². The zero-order valence-corrected chi connectivity index (χ0v) is 16.4. The summed E-state index contributed by atoms with van der Waals surface area (Å²) in [6, 6.07) is 17.0. The molecule has 0 aliphatic carbocycles. The first-order valence-electron chi connectivity index (χ1n) is 8.71. The number of para-hydroxylation sites is 1. The van der Waals surface area contributed by atoms with Crippen molar-refractivity contribution in [1.29, 1.82) is 0 Å². The molecule has 9 nitrogen and oxygen atoms in total. The Hall–Kier alpha value is -3.92. The van der Waals surface area contributed by atoms with Crippen LogP contribution in [0.3, 0.4) is 0 Å². The summed E-state index contributed by atoms with van der Waals surface area (Å²) in [4.78, 5) is 22.3. The van der Waals surface area contributed by atoms with E-state index in [4.69, 9.17) is 4.74 Å². The fourth-order valence-electron chi connectivity index (χ4n) is 3.26. The monoisotopic (exact) mass is 425 g/mol. The number of hydrogen-bond acceptors (Lipinski definition) is 6. The standard InChI is InChI=1S/C20H15N3O6S/c1-30(27,28)22-18-5-3-2-4-16(18)17-12-13(6-11-19(17)22)21-20(24)29-15-9-7-14(8-10-15)23(25)26/h2-12H,1H3,(H,21,24). The highest BCUT2D eigenvalue weighted by atomic mass is 32.2. The Kier molecular flexibility index (Phi) is 4.63. The average Bonchev–Trinajstić information content (AvgIpc) is 3.02. The van der Waals surface area contributed by atoms with Gasteiger partial charge in [0.25, 0.3) is 5.69 Å². The largest absolute Gasteiger partial charge is 0.417 e. The first-order chi connectivity index (χ1) is 14.2. The van der Waals surface area contributed by atoms with Gasteiger partial charge in [0.1, 0.15) is 5.75 Å². The number of nitro groups is 1. The van der Waals surface area contributed by atoms with Crippen LogP contribution in [-0.2, 0) is 10.0 Å². The summed E-state index contributed by atoms with van der Waals surface area (Å²) in [6.07, 6.45) is 0.349. The molecule has 0 bridgehead atoms. The van der Waals surface area contributed by atoms with Gasteiger partial charge in [-0.15, -0.1) is 0 Å². The first kappa shape index (κ1) is 19.4. The van der Waals surface area contributed by atoms with E-state index in [1.165, 1.54) is 28.2 Å². The Morgan fingerprint density at radius 3 is 2.33 bits per heavy atom. The fourth-order valence-corrected chi connectivity index (χ4v) is 4.29. The summed E-state index contributed by atoms with van der Waals surface area (Å²) >= 11 is 0. The highest BCUT2D eigenvalue weighted by Gasteiger charge is 2.17. The number of aromatic nitrogens is 1. The van der Waals surface area contributed by atoms with E-state index >= 15 is 0 Å². The normalized spacial score (nSPS) is 11.5. The molecule has 3 aromatic carbocycles. The number of fused-ring (bicyclic) bond motifs is 3. The highest BCUT2D eigenvalue weighted by molar-refractivity contribution is 7.89. The molecule has 152 valence electrons. The van der Waals surface area contributed by atoms with Gasteiger partial charge in [0.15, 0.2) is 0 Å². The van der Waals surface area contributed by atoms with E-state index in [-0.39, 0.29) is 11.4 Å². The predicted molar refractivity (Wildman–Crippen MR) is 112 cm³/mol. The molecule has 0 unspecified atom stereocenters. The average molecular weight is 425 g/mol. The Morgan fingerprint density at radius 2 is 1.67 bits per heavy atom. The van der Waals surface area contributed by atoms with Crippen LogP contribution >= 0.6 is 0 Å². The zero-order chi connectivity index (χ0) is 21.5. The number of amides is 1. The summed E-state index contributed by atoms with van der Waals surface area (Å²) in [5, 5.41) is 14.6. The van der Waals surface area contributed by atoms with Crippen LogP contribution in [0, 0.1) is 10.1 Å². The van der Waals surface area contributed by atoms with Crippen LogP contribution in [0.1, 0.15) is 0 Å². The van der Waals surface area contributed by atoms with Crippen LogP contribution in [0.4, 0.5) is 16.2 Å². The third-order valence-electron chi connectivity index (χ3n) is 4.46. The predicted octanol–water partition coefficient (Wildman–Crippen LogP) is 4.12. The van der Waals surface area contributed by atoms with Crippen molar-refractivity contribution in [3.8, 4) is 5.75 Å². The number of rotatable bonds is 4. The van der Waals surface area contributed by atoms with Gasteiger partial charge in [-0.25, -0.2) is 17.2 Å². The summed E-state index contributed by atoms with van der Waals surface area (Å²) in [5.41, 5.74) is 1.33. The molecule has 4 rings (SSSR count). The minimum Gasteiger partial charge on any atom is -0.410 e.